The number of carbonyl (C=O) groups is 1. The Labute approximate surface area is 203 Å². The molecular formula is C25H24N4O5S. The first-order valence-corrected chi connectivity index (χ1v) is 12.1. The van der Waals surface area contributed by atoms with Crippen molar-refractivity contribution in [2.24, 2.45) is 5.10 Å². The van der Waals surface area contributed by atoms with E-state index in [9.17, 15) is 13.2 Å². The van der Waals surface area contributed by atoms with Crippen LogP contribution in [-0.2, 0) is 10.1 Å². The van der Waals surface area contributed by atoms with E-state index in [-0.39, 0.29) is 16.4 Å². The van der Waals surface area contributed by atoms with Gasteiger partial charge in [-0.2, -0.15) is 13.5 Å². The fourth-order valence-electron chi connectivity index (χ4n) is 3.58. The lowest BCUT2D eigenvalue weighted by Gasteiger charge is -2.13. The average Bonchev–Trinajstić information content (AvgIpc) is 3.16. The number of rotatable bonds is 7. The lowest BCUT2D eigenvalue weighted by atomic mass is 10.2. The van der Waals surface area contributed by atoms with Crippen molar-refractivity contribution < 1.29 is 22.1 Å². The molecule has 0 fully saturated rings. The van der Waals surface area contributed by atoms with Crippen LogP contribution in [0.25, 0.3) is 5.65 Å². The quantitative estimate of drug-likeness (QED) is 0.239. The number of nitrogens with one attached hydrogen (secondary N) is 1. The molecule has 0 saturated heterocycles. The number of benzene rings is 2. The van der Waals surface area contributed by atoms with Crippen molar-refractivity contribution in [1.29, 1.82) is 0 Å². The Bertz CT molecular complexity index is 1560. The first-order valence-electron chi connectivity index (χ1n) is 10.7. The number of aryl methyl sites for hydroxylation is 3. The van der Waals surface area contributed by atoms with Gasteiger partial charge in [-0.15, -0.1) is 0 Å². The van der Waals surface area contributed by atoms with Crippen molar-refractivity contribution in [2.75, 3.05) is 7.11 Å². The Kier molecular flexibility index (Phi) is 6.57. The smallest absolute Gasteiger partial charge is 0.339 e. The molecule has 1 N–H and O–H groups in total. The van der Waals surface area contributed by atoms with Crippen LogP contribution in [-0.4, -0.2) is 37.0 Å². The van der Waals surface area contributed by atoms with E-state index >= 15 is 0 Å². The van der Waals surface area contributed by atoms with E-state index in [0.29, 0.717) is 28.2 Å². The summed E-state index contributed by atoms with van der Waals surface area (Å²) < 4.78 is 38.1. The number of carbonyl (C=O) groups excluding carboxylic acids is 1. The van der Waals surface area contributed by atoms with Crippen molar-refractivity contribution in [3.05, 3.63) is 88.9 Å². The molecule has 2 aromatic heterocycles. The highest BCUT2D eigenvalue weighted by Gasteiger charge is 2.22. The van der Waals surface area contributed by atoms with Gasteiger partial charge >= 0.3 is 10.1 Å². The van der Waals surface area contributed by atoms with Crippen molar-refractivity contribution in [3.8, 4) is 11.5 Å². The van der Waals surface area contributed by atoms with Gasteiger partial charge in [-0.25, -0.2) is 10.4 Å². The van der Waals surface area contributed by atoms with Crippen molar-refractivity contribution >= 4 is 27.9 Å². The highest BCUT2D eigenvalue weighted by atomic mass is 32.2. The molecule has 0 aliphatic heterocycles. The summed E-state index contributed by atoms with van der Waals surface area (Å²) in [6, 6.07) is 15.2. The van der Waals surface area contributed by atoms with Gasteiger partial charge in [0, 0.05) is 6.20 Å². The number of amides is 1. The predicted molar refractivity (Wildman–Crippen MR) is 132 cm³/mol. The third-order valence-corrected chi connectivity index (χ3v) is 6.68. The van der Waals surface area contributed by atoms with Crippen molar-refractivity contribution in [2.45, 2.75) is 25.7 Å². The normalized spacial score (nSPS) is 11.7. The number of aromatic nitrogens is 2. The molecule has 10 heteroatoms. The molecule has 2 heterocycles. The number of hydrazone groups is 1. The number of fused-ring (bicyclic) bond motifs is 1. The number of hydrogen-bond acceptors (Lipinski definition) is 7. The summed E-state index contributed by atoms with van der Waals surface area (Å²) in [5.74, 6) is -0.174. The molecule has 4 rings (SSSR count). The molecule has 0 spiro atoms. The molecule has 0 saturated carbocycles. The molecule has 35 heavy (non-hydrogen) atoms. The fraction of sp³-hybridized carbons (Fsp3) is 0.160. The lowest BCUT2D eigenvalue weighted by Crippen LogP contribution is -2.20. The van der Waals surface area contributed by atoms with Gasteiger partial charge in [-0.1, -0.05) is 18.2 Å². The van der Waals surface area contributed by atoms with E-state index < -0.39 is 16.0 Å². The van der Waals surface area contributed by atoms with Crippen LogP contribution >= 0.6 is 0 Å². The van der Waals surface area contributed by atoms with E-state index in [1.807, 2.05) is 31.2 Å². The molecule has 2 aromatic carbocycles. The molecule has 4 aromatic rings. The fourth-order valence-corrected chi connectivity index (χ4v) is 4.83. The molecule has 1 amide bonds. The molecule has 0 aliphatic carbocycles. The summed E-state index contributed by atoms with van der Waals surface area (Å²) in [6.07, 6.45) is 3.17. The maximum absolute atomic E-state index is 12.8. The molecule has 0 unspecified atom stereocenters. The highest BCUT2D eigenvalue weighted by molar-refractivity contribution is 7.87. The minimum Gasteiger partial charge on any atom is -0.493 e. The van der Waals surface area contributed by atoms with Crippen LogP contribution in [0, 0.1) is 20.8 Å². The summed E-state index contributed by atoms with van der Waals surface area (Å²) >= 11 is 0. The molecule has 0 aliphatic rings. The summed E-state index contributed by atoms with van der Waals surface area (Å²) in [4.78, 5) is 17.1. The highest BCUT2D eigenvalue weighted by Crippen LogP contribution is 2.31. The molecule has 0 bridgehead atoms. The molecule has 0 atom stereocenters. The van der Waals surface area contributed by atoms with Crippen molar-refractivity contribution in [1.82, 2.24) is 14.8 Å². The number of nitrogens with zero attached hydrogens (tertiary/aromatic N) is 3. The van der Waals surface area contributed by atoms with Crippen LogP contribution in [0.5, 0.6) is 11.5 Å². The monoisotopic (exact) mass is 492 g/mol. The number of methoxy groups -OCH3 is 1. The Balaban J connectivity index is 1.52. The maximum atomic E-state index is 12.8. The third-order valence-electron chi connectivity index (χ3n) is 5.30. The first kappa shape index (κ1) is 24.0. The summed E-state index contributed by atoms with van der Waals surface area (Å²) in [7, 11) is -2.66. The van der Waals surface area contributed by atoms with Crippen LogP contribution in [0.4, 0.5) is 0 Å². The van der Waals surface area contributed by atoms with E-state index in [1.165, 1.54) is 19.4 Å². The Morgan fingerprint density at radius 2 is 1.86 bits per heavy atom. The SMILES string of the molecule is COc1cc(/C=N\NC(=O)c2c(C)nc3ccccn23)ccc1OS(=O)(=O)c1cc(C)ccc1C. The largest absolute Gasteiger partial charge is 0.493 e. The van der Waals surface area contributed by atoms with Gasteiger partial charge in [0.05, 0.1) is 19.0 Å². The Hall–Kier alpha value is -4.18. The zero-order valence-corrected chi connectivity index (χ0v) is 20.5. The van der Waals surface area contributed by atoms with E-state index in [4.69, 9.17) is 8.92 Å². The third kappa shape index (κ3) is 5.02. The van der Waals surface area contributed by atoms with Gasteiger partial charge in [0.1, 0.15) is 16.2 Å². The Morgan fingerprint density at radius 1 is 1.06 bits per heavy atom. The topological polar surface area (TPSA) is 111 Å². The van der Waals surface area contributed by atoms with Gasteiger partial charge < -0.3 is 8.92 Å². The summed E-state index contributed by atoms with van der Waals surface area (Å²) in [5.41, 5.74) is 6.07. The molecular weight excluding hydrogens is 468 g/mol. The molecule has 9 nitrogen and oxygen atoms in total. The van der Waals surface area contributed by atoms with Crippen molar-refractivity contribution in [3.63, 3.8) is 0 Å². The van der Waals surface area contributed by atoms with Crippen LogP contribution in [0.3, 0.4) is 0 Å². The second kappa shape index (κ2) is 9.59. The zero-order valence-electron chi connectivity index (χ0n) is 19.6. The number of imidazole rings is 1. The van der Waals surface area contributed by atoms with Gasteiger partial charge in [-0.3, -0.25) is 9.20 Å². The van der Waals surface area contributed by atoms with E-state index in [1.54, 1.807) is 48.7 Å². The molecule has 180 valence electrons. The van der Waals surface area contributed by atoms with Crippen LogP contribution in [0.15, 0.2) is 70.8 Å². The van der Waals surface area contributed by atoms with Crippen LogP contribution < -0.4 is 14.3 Å². The summed E-state index contributed by atoms with van der Waals surface area (Å²) in [5, 5.41) is 4.01. The maximum Gasteiger partial charge on any atom is 0.339 e. The van der Waals surface area contributed by atoms with Gasteiger partial charge in [0.2, 0.25) is 0 Å². The van der Waals surface area contributed by atoms with Crippen LogP contribution in [0.1, 0.15) is 32.9 Å². The van der Waals surface area contributed by atoms with Gasteiger partial charge in [0.25, 0.3) is 5.91 Å². The Morgan fingerprint density at radius 3 is 2.63 bits per heavy atom. The second-order valence-corrected chi connectivity index (χ2v) is 9.41. The standard InChI is InChI=1S/C25H24N4O5S/c1-16-8-9-17(2)22(13-16)35(31,32)34-20-11-10-19(14-21(20)33-4)15-26-28-25(30)24-18(3)27-23-7-5-6-12-29(23)24/h5-15H,1-4H3,(H,28,30)/b26-15-. The zero-order chi connectivity index (χ0) is 25.2. The van der Waals surface area contributed by atoms with Crippen LogP contribution in [0.2, 0.25) is 0 Å². The average molecular weight is 493 g/mol. The minimum absolute atomic E-state index is 0.0379. The molecule has 0 radical (unpaired) electrons. The number of hydrogen-bond donors (Lipinski definition) is 1. The second-order valence-electron chi connectivity index (χ2n) is 7.89. The first-order chi connectivity index (χ1) is 16.7. The minimum atomic E-state index is -4.07. The van der Waals surface area contributed by atoms with E-state index in [2.05, 4.69) is 15.5 Å². The predicted octanol–water partition coefficient (Wildman–Crippen LogP) is 3.80. The lowest BCUT2D eigenvalue weighted by molar-refractivity contribution is 0.0948. The van der Waals surface area contributed by atoms with Gasteiger partial charge in [-0.05, 0) is 73.9 Å². The van der Waals surface area contributed by atoms with E-state index in [0.717, 1.165) is 5.56 Å². The van der Waals surface area contributed by atoms with Gasteiger partial charge in [0.15, 0.2) is 11.5 Å². The number of ether oxygens (including phenoxy) is 1. The summed E-state index contributed by atoms with van der Waals surface area (Å²) in [6.45, 7) is 5.26. The number of pyridine rings is 1.